The fourth-order valence-corrected chi connectivity index (χ4v) is 2.67. The Hall–Kier alpha value is -1.51. The molecule has 1 rings (SSSR count). The number of nitrogens with one attached hydrogen (secondary N) is 1. The van der Waals surface area contributed by atoms with Gasteiger partial charge in [-0.15, -0.1) is 0 Å². The number of aromatic nitrogens is 1. The second-order valence-corrected chi connectivity index (χ2v) is 5.78. The summed E-state index contributed by atoms with van der Waals surface area (Å²) in [5.41, 5.74) is 0.613. The number of aliphatic carboxylic acids is 1. The predicted octanol–water partition coefficient (Wildman–Crippen LogP) is -0.621. The standard InChI is InChI=1S/C11H16N2O5S/c14-7-4-10(11(15)16)13-19(17,18)8-5-9-3-1-2-6-12-9/h1-3,6,10,13-14H,4-5,7-8H2,(H,15,16). The van der Waals surface area contributed by atoms with Crippen molar-refractivity contribution in [2.45, 2.75) is 18.9 Å². The average molecular weight is 288 g/mol. The van der Waals surface area contributed by atoms with Gasteiger partial charge in [0.2, 0.25) is 10.0 Å². The Balaban J connectivity index is 2.58. The van der Waals surface area contributed by atoms with Gasteiger partial charge in [-0.05, 0) is 18.6 Å². The third kappa shape index (κ3) is 5.77. The molecule has 1 aromatic rings. The number of pyridine rings is 1. The smallest absolute Gasteiger partial charge is 0.321 e. The lowest BCUT2D eigenvalue weighted by atomic mass is 10.2. The van der Waals surface area contributed by atoms with Crippen molar-refractivity contribution in [1.29, 1.82) is 0 Å². The molecule has 0 bridgehead atoms. The summed E-state index contributed by atoms with van der Waals surface area (Å²) in [7, 11) is -3.73. The van der Waals surface area contributed by atoms with Crippen LogP contribution in [-0.4, -0.2) is 48.0 Å². The first kappa shape index (κ1) is 15.5. The van der Waals surface area contributed by atoms with Gasteiger partial charge in [0.1, 0.15) is 6.04 Å². The molecule has 0 aliphatic heterocycles. The van der Waals surface area contributed by atoms with E-state index in [0.29, 0.717) is 5.69 Å². The van der Waals surface area contributed by atoms with E-state index >= 15 is 0 Å². The van der Waals surface area contributed by atoms with Crippen LogP contribution in [0.1, 0.15) is 12.1 Å². The Labute approximate surface area is 111 Å². The van der Waals surface area contributed by atoms with Crippen molar-refractivity contribution in [1.82, 2.24) is 9.71 Å². The maximum Gasteiger partial charge on any atom is 0.321 e. The molecule has 8 heteroatoms. The molecule has 0 saturated heterocycles. The zero-order chi connectivity index (χ0) is 14.3. The lowest BCUT2D eigenvalue weighted by Gasteiger charge is -2.13. The Morgan fingerprint density at radius 3 is 2.68 bits per heavy atom. The summed E-state index contributed by atoms with van der Waals surface area (Å²) in [6.45, 7) is -0.403. The van der Waals surface area contributed by atoms with E-state index in [2.05, 4.69) is 4.98 Å². The minimum Gasteiger partial charge on any atom is -0.480 e. The Morgan fingerprint density at radius 2 is 2.16 bits per heavy atom. The number of nitrogens with zero attached hydrogens (tertiary/aromatic N) is 1. The van der Waals surface area contributed by atoms with E-state index in [1.807, 2.05) is 4.72 Å². The first-order chi connectivity index (χ1) is 8.94. The molecule has 0 amide bonds. The van der Waals surface area contributed by atoms with Crippen LogP contribution in [-0.2, 0) is 21.2 Å². The summed E-state index contributed by atoms with van der Waals surface area (Å²) < 4.78 is 25.5. The Morgan fingerprint density at radius 1 is 1.42 bits per heavy atom. The van der Waals surface area contributed by atoms with Gasteiger partial charge in [-0.1, -0.05) is 6.07 Å². The maximum absolute atomic E-state index is 11.7. The molecule has 1 unspecified atom stereocenters. The molecule has 0 aliphatic carbocycles. The van der Waals surface area contributed by atoms with E-state index in [1.165, 1.54) is 0 Å². The highest BCUT2D eigenvalue weighted by molar-refractivity contribution is 7.89. The van der Waals surface area contributed by atoms with Gasteiger partial charge >= 0.3 is 5.97 Å². The SMILES string of the molecule is O=C(O)C(CCO)NS(=O)(=O)CCc1ccccn1. The number of carboxylic acid groups (broad SMARTS) is 1. The fraction of sp³-hybridized carbons (Fsp3) is 0.455. The van der Waals surface area contributed by atoms with Crippen molar-refractivity contribution < 1.29 is 23.4 Å². The molecule has 0 spiro atoms. The highest BCUT2D eigenvalue weighted by atomic mass is 32.2. The third-order valence-electron chi connectivity index (χ3n) is 2.39. The summed E-state index contributed by atoms with van der Waals surface area (Å²) >= 11 is 0. The summed E-state index contributed by atoms with van der Waals surface area (Å²) in [6.07, 6.45) is 1.58. The lowest BCUT2D eigenvalue weighted by molar-refractivity contribution is -0.139. The van der Waals surface area contributed by atoms with Crippen molar-refractivity contribution in [2.75, 3.05) is 12.4 Å². The number of aliphatic hydroxyl groups is 1. The van der Waals surface area contributed by atoms with Gasteiger partial charge in [-0.25, -0.2) is 13.1 Å². The topological polar surface area (TPSA) is 117 Å². The zero-order valence-electron chi connectivity index (χ0n) is 10.2. The van der Waals surface area contributed by atoms with Crippen LogP contribution < -0.4 is 4.72 Å². The van der Waals surface area contributed by atoms with E-state index in [9.17, 15) is 13.2 Å². The first-order valence-corrected chi connectivity index (χ1v) is 7.33. The van der Waals surface area contributed by atoms with Crippen molar-refractivity contribution >= 4 is 16.0 Å². The highest BCUT2D eigenvalue weighted by Gasteiger charge is 2.23. The number of sulfonamides is 1. The van der Waals surface area contributed by atoms with Gasteiger partial charge in [-0.3, -0.25) is 9.78 Å². The molecule has 1 heterocycles. The van der Waals surface area contributed by atoms with Crippen molar-refractivity contribution in [3.8, 4) is 0 Å². The molecule has 0 saturated carbocycles. The molecule has 3 N–H and O–H groups in total. The Bertz CT molecular complexity index is 503. The number of carboxylic acids is 1. The molecule has 1 atom stereocenters. The van der Waals surface area contributed by atoms with E-state index in [4.69, 9.17) is 10.2 Å². The maximum atomic E-state index is 11.7. The molecule has 106 valence electrons. The highest BCUT2D eigenvalue weighted by Crippen LogP contribution is 2.00. The Kier molecular flexibility index (Phi) is 5.87. The third-order valence-corrected chi connectivity index (χ3v) is 3.78. The van der Waals surface area contributed by atoms with Crippen molar-refractivity contribution in [3.63, 3.8) is 0 Å². The van der Waals surface area contributed by atoms with Gasteiger partial charge in [0.25, 0.3) is 0 Å². The van der Waals surface area contributed by atoms with Crippen LogP contribution >= 0.6 is 0 Å². The van der Waals surface area contributed by atoms with Crippen LogP contribution in [0.3, 0.4) is 0 Å². The fourth-order valence-electron chi connectivity index (χ4n) is 1.42. The van der Waals surface area contributed by atoms with Crippen molar-refractivity contribution in [2.24, 2.45) is 0 Å². The summed E-state index contributed by atoms with van der Waals surface area (Å²) in [5, 5.41) is 17.5. The number of carbonyl (C=O) groups is 1. The average Bonchev–Trinajstić information content (AvgIpc) is 2.37. The quantitative estimate of drug-likeness (QED) is 0.587. The molecular formula is C11H16N2O5S. The van der Waals surface area contributed by atoms with Crippen LogP contribution in [0.2, 0.25) is 0 Å². The summed E-state index contributed by atoms with van der Waals surface area (Å²) in [5.74, 6) is -1.56. The molecule has 0 aromatic carbocycles. The lowest BCUT2D eigenvalue weighted by Crippen LogP contribution is -2.42. The van der Waals surface area contributed by atoms with E-state index in [1.54, 1.807) is 24.4 Å². The number of rotatable bonds is 8. The van der Waals surface area contributed by atoms with Crippen LogP contribution in [0.5, 0.6) is 0 Å². The molecular weight excluding hydrogens is 272 g/mol. The second kappa shape index (κ2) is 7.17. The summed E-state index contributed by atoms with van der Waals surface area (Å²) in [6, 6.07) is 3.85. The normalized spacial score (nSPS) is 13.1. The van der Waals surface area contributed by atoms with Crippen LogP contribution in [0.25, 0.3) is 0 Å². The van der Waals surface area contributed by atoms with Gasteiger partial charge < -0.3 is 10.2 Å². The number of hydrogen-bond acceptors (Lipinski definition) is 5. The molecule has 1 aromatic heterocycles. The largest absolute Gasteiger partial charge is 0.480 e. The van der Waals surface area contributed by atoms with Crippen LogP contribution in [0.4, 0.5) is 0 Å². The van der Waals surface area contributed by atoms with E-state index in [-0.39, 0.29) is 18.6 Å². The monoisotopic (exact) mass is 288 g/mol. The number of hydrogen-bond donors (Lipinski definition) is 3. The number of aliphatic hydroxyl groups excluding tert-OH is 1. The van der Waals surface area contributed by atoms with Gasteiger partial charge in [0.15, 0.2) is 0 Å². The van der Waals surface area contributed by atoms with E-state index in [0.717, 1.165) is 0 Å². The minimum absolute atomic E-state index is 0.169. The molecule has 0 fully saturated rings. The predicted molar refractivity (Wildman–Crippen MR) is 68.0 cm³/mol. The first-order valence-electron chi connectivity index (χ1n) is 5.68. The van der Waals surface area contributed by atoms with Gasteiger partial charge in [0.05, 0.1) is 5.75 Å². The second-order valence-electron chi connectivity index (χ2n) is 3.91. The van der Waals surface area contributed by atoms with Crippen molar-refractivity contribution in [3.05, 3.63) is 30.1 Å². The molecule has 0 radical (unpaired) electrons. The molecule has 19 heavy (non-hydrogen) atoms. The molecule has 0 aliphatic rings. The van der Waals surface area contributed by atoms with E-state index < -0.39 is 28.6 Å². The van der Waals surface area contributed by atoms with Gasteiger partial charge in [0, 0.05) is 24.9 Å². The van der Waals surface area contributed by atoms with Gasteiger partial charge in [-0.2, -0.15) is 0 Å². The minimum atomic E-state index is -3.73. The van der Waals surface area contributed by atoms with Crippen LogP contribution in [0.15, 0.2) is 24.4 Å². The summed E-state index contributed by atoms with van der Waals surface area (Å²) in [4.78, 5) is 14.8. The zero-order valence-corrected chi connectivity index (χ0v) is 11.0. The van der Waals surface area contributed by atoms with Crippen LogP contribution in [0, 0.1) is 0 Å². The number of aryl methyl sites for hydroxylation is 1. The molecule has 7 nitrogen and oxygen atoms in total.